The van der Waals surface area contributed by atoms with E-state index in [-0.39, 0.29) is 11.5 Å². The fraction of sp³-hybridized carbons (Fsp3) is 0.310. The number of amides is 1. The Morgan fingerprint density at radius 3 is 2.45 bits per heavy atom. The molecule has 2 N–H and O–H groups in total. The Morgan fingerprint density at radius 2 is 1.73 bits per heavy atom. The summed E-state index contributed by atoms with van der Waals surface area (Å²) in [6.07, 6.45) is 0. The number of hydrogen-bond donors (Lipinski definition) is 2. The van der Waals surface area contributed by atoms with Gasteiger partial charge < -0.3 is 24.8 Å². The number of pyridine rings is 1. The Hall–Kier alpha value is -4.48. The van der Waals surface area contributed by atoms with Crippen LogP contribution in [0.4, 0.5) is 11.6 Å². The normalized spacial score (nSPS) is 13.7. The lowest BCUT2D eigenvalue weighted by Crippen LogP contribution is -2.39. The van der Waals surface area contributed by atoms with Gasteiger partial charge in [0.15, 0.2) is 17.1 Å². The molecule has 0 atom stereocenters. The molecule has 2 aromatic carbocycles. The summed E-state index contributed by atoms with van der Waals surface area (Å²) in [4.78, 5) is 37.5. The highest BCUT2D eigenvalue weighted by molar-refractivity contribution is 6.04. The summed E-state index contributed by atoms with van der Waals surface area (Å²) in [6, 6.07) is 15.2. The van der Waals surface area contributed by atoms with Gasteiger partial charge in [-0.25, -0.2) is 4.98 Å². The first-order valence-corrected chi connectivity index (χ1v) is 13.0. The summed E-state index contributed by atoms with van der Waals surface area (Å²) < 4.78 is 17.5. The van der Waals surface area contributed by atoms with E-state index in [1.165, 1.54) is 17.7 Å². The summed E-state index contributed by atoms with van der Waals surface area (Å²) in [7, 11) is 3.09. The second-order valence-electron chi connectivity index (χ2n) is 9.33. The Kier molecular flexibility index (Phi) is 8.23. The molecular weight excluding hydrogens is 512 g/mol. The zero-order chi connectivity index (χ0) is 28.1. The molecule has 3 heterocycles. The first kappa shape index (κ1) is 27.1. The summed E-state index contributed by atoms with van der Waals surface area (Å²) >= 11 is 0. The molecule has 40 heavy (non-hydrogen) atoms. The summed E-state index contributed by atoms with van der Waals surface area (Å²) in [5.74, 6) is 1.25. The molecule has 208 valence electrons. The van der Waals surface area contributed by atoms with Gasteiger partial charge in [-0.15, -0.1) is 0 Å². The predicted octanol–water partition coefficient (Wildman–Crippen LogP) is 3.10. The Balaban J connectivity index is 1.37. The third-order valence-electron chi connectivity index (χ3n) is 6.78. The average Bonchev–Trinajstić information content (AvgIpc) is 2.97. The lowest BCUT2D eigenvalue weighted by atomic mass is 10.1. The molecule has 0 unspecified atom stereocenters. The maximum Gasteiger partial charge on any atom is 0.256 e. The van der Waals surface area contributed by atoms with Crippen LogP contribution < -0.4 is 25.7 Å². The van der Waals surface area contributed by atoms with Crippen LogP contribution >= 0.6 is 0 Å². The second kappa shape index (κ2) is 12.1. The van der Waals surface area contributed by atoms with Crippen molar-refractivity contribution in [3.63, 3.8) is 0 Å². The number of hydrogen-bond acceptors (Lipinski definition) is 9. The van der Waals surface area contributed by atoms with Crippen molar-refractivity contribution in [2.24, 2.45) is 0 Å². The van der Waals surface area contributed by atoms with Gasteiger partial charge in [0.1, 0.15) is 0 Å². The zero-order valence-electron chi connectivity index (χ0n) is 22.8. The zero-order valence-corrected chi connectivity index (χ0v) is 22.8. The number of carbonyl (C=O) groups excluding carboxylic acids is 1. The molecular formula is C29H32N6O5. The number of nitrogens with one attached hydrogen (secondary N) is 2. The molecule has 0 spiro atoms. The number of aromatic nitrogens is 3. The molecule has 1 aliphatic rings. The van der Waals surface area contributed by atoms with Crippen LogP contribution in [-0.2, 0) is 4.74 Å². The number of nitrogens with zero attached hydrogens (tertiary/aromatic N) is 4. The molecule has 1 amide bonds. The van der Waals surface area contributed by atoms with Crippen molar-refractivity contribution >= 4 is 28.6 Å². The first-order chi connectivity index (χ1) is 19.5. The number of carbonyl (C=O) groups is 1. The monoisotopic (exact) mass is 544 g/mol. The Morgan fingerprint density at radius 1 is 0.975 bits per heavy atom. The van der Waals surface area contributed by atoms with E-state index in [9.17, 15) is 9.59 Å². The van der Waals surface area contributed by atoms with Crippen LogP contribution in [0.5, 0.6) is 11.5 Å². The largest absolute Gasteiger partial charge is 0.493 e. The van der Waals surface area contributed by atoms with Crippen molar-refractivity contribution < 1.29 is 19.0 Å². The number of fused-ring (bicyclic) bond motifs is 1. The van der Waals surface area contributed by atoms with E-state index in [1.807, 2.05) is 6.92 Å². The van der Waals surface area contributed by atoms with Gasteiger partial charge in [-0.1, -0.05) is 0 Å². The third kappa shape index (κ3) is 5.90. The van der Waals surface area contributed by atoms with E-state index in [0.717, 1.165) is 43.9 Å². The minimum absolute atomic E-state index is 0.229. The quantitative estimate of drug-likeness (QED) is 0.328. The van der Waals surface area contributed by atoms with E-state index in [4.69, 9.17) is 19.2 Å². The predicted molar refractivity (Wildman–Crippen MR) is 153 cm³/mol. The number of ether oxygens (including phenoxy) is 3. The van der Waals surface area contributed by atoms with Crippen LogP contribution in [0.25, 0.3) is 16.7 Å². The third-order valence-corrected chi connectivity index (χ3v) is 6.78. The van der Waals surface area contributed by atoms with Crippen molar-refractivity contribution in [1.29, 1.82) is 0 Å². The van der Waals surface area contributed by atoms with Gasteiger partial charge in [0.05, 0.1) is 38.8 Å². The maximum atomic E-state index is 13.0. The van der Waals surface area contributed by atoms with Gasteiger partial charge in [0, 0.05) is 54.9 Å². The molecule has 11 nitrogen and oxygen atoms in total. The van der Waals surface area contributed by atoms with E-state index in [2.05, 4.69) is 20.5 Å². The van der Waals surface area contributed by atoms with Gasteiger partial charge in [-0.2, -0.15) is 4.98 Å². The van der Waals surface area contributed by atoms with Gasteiger partial charge in [-0.05, 0) is 49.4 Å². The van der Waals surface area contributed by atoms with Crippen LogP contribution in [0.15, 0.2) is 59.4 Å². The molecule has 1 aliphatic heterocycles. The minimum atomic E-state index is -0.297. The van der Waals surface area contributed by atoms with Crippen molar-refractivity contribution in [2.75, 3.05) is 64.2 Å². The van der Waals surface area contributed by atoms with Gasteiger partial charge in [0.2, 0.25) is 5.95 Å². The van der Waals surface area contributed by atoms with Crippen LogP contribution in [0.1, 0.15) is 16.1 Å². The molecule has 1 saturated heterocycles. The molecule has 11 heteroatoms. The molecule has 4 aromatic rings. The van der Waals surface area contributed by atoms with E-state index < -0.39 is 0 Å². The lowest BCUT2D eigenvalue weighted by Gasteiger charge is -2.26. The van der Waals surface area contributed by atoms with Crippen molar-refractivity contribution in [1.82, 2.24) is 19.4 Å². The highest BCUT2D eigenvalue weighted by Gasteiger charge is 2.15. The highest BCUT2D eigenvalue weighted by atomic mass is 16.5. The number of benzene rings is 2. The summed E-state index contributed by atoms with van der Waals surface area (Å²) in [5.41, 5.74) is 2.62. The van der Waals surface area contributed by atoms with Crippen molar-refractivity contribution in [2.45, 2.75) is 6.92 Å². The number of rotatable bonds is 9. The molecule has 0 bridgehead atoms. The number of aryl methyl sites for hydroxylation is 1. The molecule has 0 radical (unpaired) electrons. The Labute approximate surface area is 231 Å². The Bertz CT molecular complexity index is 1560. The lowest BCUT2D eigenvalue weighted by molar-refractivity contribution is 0.0398. The fourth-order valence-corrected chi connectivity index (χ4v) is 4.62. The second-order valence-corrected chi connectivity index (χ2v) is 9.33. The minimum Gasteiger partial charge on any atom is -0.493 e. The molecule has 0 aliphatic carbocycles. The maximum absolute atomic E-state index is 13.0. The van der Waals surface area contributed by atoms with E-state index in [1.54, 1.807) is 55.6 Å². The smallest absolute Gasteiger partial charge is 0.256 e. The van der Waals surface area contributed by atoms with Crippen LogP contribution in [-0.4, -0.2) is 79.0 Å². The number of morpholine rings is 1. The number of methoxy groups -OCH3 is 2. The molecule has 0 saturated carbocycles. The van der Waals surface area contributed by atoms with E-state index in [0.29, 0.717) is 46.6 Å². The molecule has 5 rings (SSSR count). The SMILES string of the molecule is COc1ccc(NC(=O)c2ccc(-n3c(=O)ccc4c(C)nc(NCCN5CCOCC5)nc43)cc2)cc1OC. The van der Waals surface area contributed by atoms with Gasteiger partial charge >= 0.3 is 0 Å². The first-order valence-electron chi connectivity index (χ1n) is 13.0. The standard InChI is InChI=1S/C29H32N6O5/c1-19-23-9-11-26(36)35(27(23)33-29(31-19)30-12-13-34-14-16-40-17-15-34)22-7-4-20(5-8-22)28(37)32-21-6-10-24(38-2)25(18-21)39-3/h4-11,18H,12-17H2,1-3H3,(H,32,37)(H,30,31,33). The fourth-order valence-electron chi connectivity index (χ4n) is 4.62. The average molecular weight is 545 g/mol. The topological polar surface area (TPSA) is 120 Å². The molecule has 1 fully saturated rings. The van der Waals surface area contributed by atoms with Crippen molar-refractivity contribution in [3.05, 3.63) is 76.2 Å². The van der Waals surface area contributed by atoms with Gasteiger partial charge in [-0.3, -0.25) is 19.1 Å². The van der Waals surface area contributed by atoms with Crippen LogP contribution in [0.2, 0.25) is 0 Å². The highest BCUT2D eigenvalue weighted by Crippen LogP contribution is 2.30. The van der Waals surface area contributed by atoms with Crippen molar-refractivity contribution in [3.8, 4) is 17.2 Å². The molecule has 2 aromatic heterocycles. The van der Waals surface area contributed by atoms with E-state index >= 15 is 0 Å². The number of anilines is 2. The summed E-state index contributed by atoms with van der Waals surface area (Å²) in [5, 5.41) is 6.93. The summed E-state index contributed by atoms with van der Waals surface area (Å²) in [6.45, 7) is 6.71. The van der Waals surface area contributed by atoms with Crippen LogP contribution in [0.3, 0.4) is 0 Å². The van der Waals surface area contributed by atoms with Crippen LogP contribution in [0, 0.1) is 6.92 Å². The van der Waals surface area contributed by atoms with Gasteiger partial charge in [0.25, 0.3) is 11.5 Å².